The number of carbonyl (C=O) groups is 1. The molecule has 1 aliphatic heterocycles. The molecule has 156 valence electrons. The first-order chi connectivity index (χ1) is 14.7. The molecule has 1 aromatic heterocycles. The summed E-state index contributed by atoms with van der Waals surface area (Å²) in [7, 11) is 0. The second-order valence-corrected chi connectivity index (χ2v) is 8.41. The maximum Gasteiger partial charge on any atom is 0.231 e. The van der Waals surface area contributed by atoms with Gasteiger partial charge in [-0.05, 0) is 46.5 Å². The Morgan fingerprint density at radius 2 is 1.97 bits per heavy atom. The third kappa shape index (κ3) is 5.38. The summed E-state index contributed by atoms with van der Waals surface area (Å²) < 4.78 is 7.36. The lowest BCUT2D eigenvalue weighted by molar-refractivity contribution is -0.119. The molecule has 0 radical (unpaired) electrons. The summed E-state index contributed by atoms with van der Waals surface area (Å²) in [6, 6.07) is 17.1. The zero-order chi connectivity index (χ0) is 20.8. The van der Waals surface area contributed by atoms with E-state index in [9.17, 15) is 4.79 Å². The molecule has 30 heavy (non-hydrogen) atoms. The van der Waals surface area contributed by atoms with Gasteiger partial charge in [0.2, 0.25) is 11.1 Å². The quantitative estimate of drug-likeness (QED) is 0.536. The predicted molar refractivity (Wildman–Crippen MR) is 115 cm³/mol. The lowest BCUT2D eigenvalue weighted by Gasteiger charge is -2.20. The lowest BCUT2D eigenvalue weighted by Crippen LogP contribution is -2.30. The van der Waals surface area contributed by atoms with E-state index >= 15 is 0 Å². The number of carbonyl (C=O) groups excluding carboxylic acids is 1. The van der Waals surface area contributed by atoms with Gasteiger partial charge >= 0.3 is 0 Å². The van der Waals surface area contributed by atoms with Gasteiger partial charge in [-0.15, -0.1) is 5.10 Å². The number of ether oxygens (including phenoxy) is 1. The van der Waals surface area contributed by atoms with Crippen molar-refractivity contribution in [3.63, 3.8) is 0 Å². The van der Waals surface area contributed by atoms with Crippen molar-refractivity contribution >= 4 is 29.3 Å². The van der Waals surface area contributed by atoms with Gasteiger partial charge < -0.3 is 10.1 Å². The predicted octanol–water partition coefficient (Wildman–Crippen LogP) is 3.50. The zero-order valence-electron chi connectivity index (χ0n) is 16.3. The number of rotatable bonds is 8. The Morgan fingerprint density at radius 1 is 1.20 bits per heavy atom. The molecule has 0 aliphatic carbocycles. The zero-order valence-corrected chi connectivity index (χ0v) is 17.9. The maximum atomic E-state index is 12.8. The monoisotopic (exact) mass is 443 g/mol. The van der Waals surface area contributed by atoms with Crippen molar-refractivity contribution in [2.75, 3.05) is 12.4 Å². The molecule has 2 heterocycles. The number of nitrogens with zero attached hydrogens (tertiary/aromatic N) is 4. The smallest absolute Gasteiger partial charge is 0.231 e. The third-order valence-electron chi connectivity index (χ3n) is 4.87. The Bertz CT molecular complexity index is 961. The second-order valence-electron chi connectivity index (χ2n) is 7.03. The number of benzene rings is 2. The van der Waals surface area contributed by atoms with E-state index < -0.39 is 0 Å². The molecule has 1 saturated heterocycles. The van der Waals surface area contributed by atoms with Crippen molar-refractivity contribution in [1.29, 1.82) is 0 Å². The average Bonchev–Trinajstić information content (AvgIpc) is 3.44. The van der Waals surface area contributed by atoms with E-state index in [2.05, 4.69) is 20.8 Å². The second kappa shape index (κ2) is 10.1. The lowest BCUT2D eigenvalue weighted by atomic mass is 9.99. The average molecular weight is 444 g/mol. The van der Waals surface area contributed by atoms with Crippen LogP contribution in [0.2, 0.25) is 5.02 Å². The standard InChI is InChI=1S/C21H22ClN5O2S/c22-17-10-8-16(9-11-17)20(15-5-2-1-3-6-15)23-19(28)14-30-21-24-25-26-27(21)13-18-7-4-12-29-18/h1-3,5-6,8-11,18,20H,4,7,12-14H2,(H,23,28)/t18-,20+/m1/s1. The van der Waals surface area contributed by atoms with Crippen LogP contribution in [0.1, 0.15) is 30.0 Å². The number of amides is 1. The molecule has 3 aromatic rings. The first-order valence-corrected chi connectivity index (χ1v) is 11.2. The Balaban J connectivity index is 1.41. The van der Waals surface area contributed by atoms with Crippen LogP contribution in [0.15, 0.2) is 59.8 Å². The van der Waals surface area contributed by atoms with Gasteiger partial charge in [0.05, 0.1) is 24.4 Å². The molecule has 0 unspecified atom stereocenters. The minimum Gasteiger partial charge on any atom is -0.376 e. The van der Waals surface area contributed by atoms with Crippen LogP contribution in [0, 0.1) is 0 Å². The number of tetrazole rings is 1. The fraction of sp³-hybridized carbons (Fsp3) is 0.333. The Morgan fingerprint density at radius 3 is 2.70 bits per heavy atom. The summed E-state index contributed by atoms with van der Waals surface area (Å²) >= 11 is 7.35. The molecule has 4 rings (SSSR count). The molecule has 1 amide bonds. The van der Waals surface area contributed by atoms with Crippen LogP contribution in [0.4, 0.5) is 0 Å². The fourth-order valence-corrected chi connectivity index (χ4v) is 4.21. The van der Waals surface area contributed by atoms with Crippen molar-refractivity contribution in [2.24, 2.45) is 0 Å². The SMILES string of the molecule is O=C(CSc1nnnn1C[C@H]1CCCO1)N[C@@H](c1ccccc1)c1ccc(Cl)cc1. The van der Waals surface area contributed by atoms with E-state index in [0.29, 0.717) is 16.7 Å². The van der Waals surface area contributed by atoms with Crippen LogP contribution in [-0.4, -0.2) is 44.6 Å². The summed E-state index contributed by atoms with van der Waals surface area (Å²) in [6.45, 7) is 1.39. The fourth-order valence-electron chi connectivity index (χ4n) is 3.39. The molecule has 1 fully saturated rings. The van der Waals surface area contributed by atoms with Crippen molar-refractivity contribution in [3.8, 4) is 0 Å². The van der Waals surface area contributed by atoms with E-state index in [1.165, 1.54) is 11.8 Å². The van der Waals surface area contributed by atoms with E-state index in [1.54, 1.807) is 4.68 Å². The van der Waals surface area contributed by atoms with Crippen molar-refractivity contribution in [1.82, 2.24) is 25.5 Å². The third-order valence-corrected chi connectivity index (χ3v) is 6.08. The number of thioether (sulfide) groups is 1. The molecule has 9 heteroatoms. The highest BCUT2D eigenvalue weighted by Crippen LogP contribution is 2.24. The van der Waals surface area contributed by atoms with E-state index in [1.807, 2.05) is 54.6 Å². The van der Waals surface area contributed by atoms with Crippen molar-refractivity contribution in [2.45, 2.75) is 36.7 Å². The van der Waals surface area contributed by atoms with E-state index in [4.69, 9.17) is 16.3 Å². The van der Waals surface area contributed by atoms with E-state index in [0.717, 1.165) is 30.6 Å². The van der Waals surface area contributed by atoms with Crippen LogP contribution in [0.3, 0.4) is 0 Å². The molecular weight excluding hydrogens is 422 g/mol. The number of hydrogen-bond acceptors (Lipinski definition) is 6. The minimum absolute atomic E-state index is 0.101. The van der Waals surface area contributed by atoms with Crippen molar-refractivity contribution < 1.29 is 9.53 Å². The largest absolute Gasteiger partial charge is 0.376 e. The summed E-state index contributed by atoms with van der Waals surface area (Å²) in [5, 5.41) is 16.2. The summed E-state index contributed by atoms with van der Waals surface area (Å²) in [6.07, 6.45) is 2.20. The van der Waals surface area contributed by atoms with Gasteiger partial charge in [0.25, 0.3) is 0 Å². The molecule has 2 aromatic carbocycles. The molecule has 0 saturated carbocycles. The number of nitrogens with one attached hydrogen (secondary N) is 1. The summed E-state index contributed by atoms with van der Waals surface area (Å²) in [5.74, 6) is 0.110. The number of halogens is 1. The molecule has 0 bridgehead atoms. The molecule has 7 nitrogen and oxygen atoms in total. The highest BCUT2D eigenvalue weighted by Gasteiger charge is 2.21. The first kappa shape index (κ1) is 20.8. The topological polar surface area (TPSA) is 81.9 Å². The van der Waals surface area contributed by atoms with Gasteiger partial charge in [0.15, 0.2) is 0 Å². The van der Waals surface area contributed by atoms with Gasteiger partial charge in [0, 0.05) is 11.6 Å². The highest BCUT2D eigenvalue weighted by molar-refractivity contribution is 7.99. The normalized spacial score (nSPS) is 17.0. The Hall–Kier alpha value is -2.42. The van der Waals surface area contributed by atoms with Gasteiger partial charge in [-0.25, -0.2) is 4.68 Å². The molecule has 0 spiro atoms. The van der Waals surface area contributed by atoms with Gasteiger partial charge in [-0.3, -0.25) is 4.79 Å². The van der Waals surface area contributed by atoms with Crippen LogP contribution < -0.4 is 5.32 Å². The number of aromatic nitrogens is 4. The van der Waals surface area contributed by atoms with Gasteiger partial charge in [-0.2, -0.15) is 0 Å². The van der Waals surface area contributed by atoms with Crippen LogP contribution in [0.5, 0.6) is 0 Å². The Labute approximate surface area is 184 Å². The van der Waals surface area contributed by atoms with E-state index in [-0.39, 0.29) is 23.8 Å². The molecular formula is C21H22ClN5O2S. The first-order valence-electron chi connectivity index (χ1n) is 9.79. The summed E-state index contributed by atoms with van der Waals surface area (Å²) in [4.78, 5) is 12.8. The van der Waals surface area contributed by atoms with Crippen LogP contribution in [0.25, 0.3) is 0 Å². The van der Waals surface area contributed by atoms with Crippen molar-refractivity contribution in [3.05, 3.63) is 70.7 Å². The van der Waals surface area contributed by atoms with Gasteiger partial charge in [0.1, 0.15) is 0 Å². The molecule has 1 aliphatic rings. The maximum absolute atomic E-state index is 12.8. The van der Waals surface area contributed by atoms with Crippen LogP contribution in [-0.2, 0) is 16.1 Å². The van der Waals surface area contributed by atoms with Crippen LogP contribution >= 0.6 is 23.4 Å². The minimum atomic E-state index is -0.264. The highest BCUT2D eigenvalue weighted by atomic mass is 35.5. The molecule has 2 atom stereocenters. The number of hydrogen-bond donors (Lipinski definition) is 1. The van der Waals surface area contributed by atoms with Gasteiger partial charge in [-0.1, -0.05) is 65.8 Å². The Kier molecular flexibility index (Phi) is 6.99. The molecule has 1 N–H and O–H groups in total. The summed E-state index contributed by atoms with van der Waals surface area (Å²) in [5.41, 5.74) is 1.97.